The summed E-state index contributed by atoms with van der Waals surface area (Å²) in [6, 6.07) is 2.65. The molecule has 0 radical (unpaired) electrons. The van der Waals surface area contributed by atoms with Crippen molar-refractivity contribution in [3.63, 3.8) is 0 Å². The highest BCUT2D eigenvalue weighted by molar-refractivity contribution is 5.30. The van der Waals surface area contributed by atoms with E-state index in [9.17, 15) is 0 Å². The summed E-state index contributed by atoms with van der Waals surface area (Å²) >= 11 is 0. The molecule has 3 atom stereocenters. The van der Waals surface area contributed by atoms with Crippen molar-refractivity contribution in [3.8, 4) is 5.75 Å². The zero-order valence-corrected chi connectivity index (χ0v) is 11.2. The first-order chi connectivity index (χ1) is 9.36. The molecule has 1 aromatic rings. The average Bonchev–Trinajstić information content (AvgIpc) is 3.14. The number of hydrogen-bond acceptors (Lipinski definition) is 4. The van der Waals surface area contributed by atoms with E-state index in [0.29, 0.717) is 18.6 Å². The van der Waals surface area contributed by atoms with E-state index in [1.54, 1.807) is 6.20 Å². The molecular formula is C15H22N2O2. The van der Waals surface area contributed by atoms with Crippen molar-refractivity contribution < 1.29 is 9.84 Å². The molecule has 1 saturated carbocycles. The average molecular weight is 262 g/mol. The number of aliphatic hydroxyl groups excluding tert-OH is 1. The molecule has 0 bridgehead atoms. The number of hydrogen-bond donors (Lipinski definition) is 2. The van der Waals surface area contributed by atoms with Crippen LogP contribution >= 0.6 is 0 Å². The maximum Gasteiger partial charge on any atom is 0.137 e. The fourth-order valence-corrected chi connectivity index (χ4v) is 2.73. The van der Waals surface area contributed by atoms with Gasteiger partial charge in [0.05, 0.1) is 6.20 Å². The predicted molar refractivity (Wildman–Crippen MR) is 73.3 cm³/mol. The second-order valence-electron chi connectivity index (χ2n) is 5.67. The zero-order valence-electron chi connectivity index (χ0n) is 11.2. The number of nitrogens with zero attached hydrogens (tertiary/aromatic N) is 1. The van der Waals surface area contributed by atoms with Gasteiger partial charge in [-0.25, -0.2) is 0 Å². The van der Waals surface area contributed by atoms with Crippen molar-refractivity contribution in [3.05, 3.63) is 24.0 Å². The van der Waals surface area contributed by atoms with E-state index in [2.05, 4.69) is 16.4 Å². The lowest BCUT2D eigenvalue weighted by Gasteiger charge is -2.27. The molecule has 2 heterocycles. The van der Waals surface area contributed by atoms with Crippen LogP contribution in [0.3, 0.4) is 0 Å². The summed E-state index contributed by atoms with van der Waals surface area (Å²) in [4.78, 5) is 4.29. The van der Waals surface area contributed by atoms with Crippen molar-refractivity contribution in [2.24, 2.45) is 5.92 Å². The minimum Gasteiger partial charge on any atom is -0.490 e. The molecular weight excluding hydrogens is 240 g/mol. The Labute approximate surface area is 114 Å². The SMILES string of the molecule is OCCC[C@H]1C[C@H]1c1cncc(OC[C@@H]2CCN2)c1. The van der Waals surface area contributed by atoms with E-state index >= 15 is 0 Å². The minimum atomic E-state index is 0.305. The van der Waals surface area contributed by atoms with Crippen molar-refractivity contribution in [1.29, 1.82) is 0 Å². The molecule has 2 aliphatic rings. The van der Waals surface area contributed by atoms with Gasteiger partial charge in [0.1, 0.15) is 12.4 Å². The molecule has 0 unspecified atom stereocenters. The standard InChI is InChI=1S/C15H22N2O2/c18-5-1-2-11-7-15(11)12-6-14(9-16-8-12)19-10-13-3-4-17-13/h6,8-9,11,13,15,17-18H,1-5,7,10H2/t11-,13-,15+/m0/s1. The molecule has 1 aromatic heterocycles. The lowest BCUT2D eigenvalue weighted by Crippen LogP contribution is -2.46. The van der Waals surface area contributed by atoms with E-state index in [1.807, 2.05) is 6.20 Å². The first kappa shape index (κ1) is 12.9. The molecule has 4 nitrogen and oxygen atoms in total. The van der Waals surface area contributed by atoms with Crippen LogP contribution in [0.5, 0.6) is 5.75 Å². The second-order valence-corrected chi connectivity index (χ2v) is 5.67. The minimum absolute atomic E-state index is 0.305. The van der Waals surface area contributed by atoms with Gasteiger partial charge in [-0.2, -0.15) is 0 Å². The van der Waals surface area contributed by atoms with Gasteiger partial charge in [0.2, 0.25) is 0 Å². The van der Waals surface area contributed by atoms with Crippen LogP contribution in [0.4, 0.5) is 0 Å². The Morgan fingerprint density at radius 1 is 1.42 bits per heavy atom. The van der Waals surface area contributed by atoms with Crippen molar-refractivity contribution in [2.45, 2.75) is 37.6 Å². The smallest absolute Gasteiger partial charge is 0.137 e. The third-order valence-corrected chi connectivity index (χ3v) is 4.20. The lowest BCUT2D eigenvalue weighted by molar-refractivity contribution is 0.216. The molecule has 2 N–H and O–H groups in total. The Balaban J connectivity index is 1.51. The highest BCUT2D eigenvalue weighted by atomic mass is 16.5. The summed E-state index contributed by atoms with van der Waals surface area (Å²) in [5.74, 6) is 2.25. The summed E-state index contributed by atoms with van der Waals surface area (Å²) in [7, 11) is 0. The third-order valence-electron chi connectivity index (χ3n) is 4.20. The van der Waals surface area contributed by atoms with Gasteiger partial charge in [0.25, 0.3) is 0 Å². The molecule has 2 fully saturated rings. The largest absolute Gasteiger partial charge is 0.490 e. The molecule has 3 rings (SSSR count). The fraction of sp³-hybridized carbons (Fsp3) is 0.667. The van der Waals surface area contributed by atoms with E-state index in [-0.39, 0.29) is 0 Å². The summed E-state index contributed by atoms with van der Waals surface area (Å²) in [5, 5.41) is 12.2. The normalized spacial score (nSPS) is 28.8. The number of pyridine rings is 1. The van der Waals surface area contributed by atoms with Gasteiger partial charge >= 0.3 is 0 Å². The molecule has 104 valence electrons. The van der Waals surface area contributed by atoms with Crippen LogP contribution in [-0.4, -0.2) is 35.9 Å². The number of aromatic nitrogens is 1. The van der Waals surface area contributed by atoms with Gasteiger partial charge in [-0.05, 0) is 55.7 Å². The van der Waals surface area contributed by atoms with Crippen LogP contribution in [-0.2, 0) is 0 Å². The number of aliphatic hydroxyl groups is 1. The highest BCUT2D eigenvalue weighted by Gasteiger charge is 2.37. The molecule has 4 heteroatoms. The first-order valence-corrected chi connectivity index (χ1v) is 7.29. The van der Waals surface area contributed by atoms with Gasteiger partial charge in [0.15, 0.2) is 0 Å². The molecule has 19 heavy (non-hydrogen) atoms. The van der Waals surface area contributed by atoms with Crippen molar-refractivity contribution in [2.75, 3.05) is 19.8 Å². The number of ether oxygens (including phenoxy) is 1. The van der Waals surface area contributed by atoms with Crippen LogP contribution in [0.2, 0.25) is 0 Å². The Morgan fingerprint density at radius 2 is 2.32 bits per heavy atom. The Hall–Kier alpha value is -1.13. The fourth-order valence-electron chi connectivity index (χ4n) is 2.73. The van der Waals surface area contributed by atoms with Gasteiger partial charge in [0, 0.05) is 18.8 Å². The quantitative estimate of drug-likeness (QED) is 0.785. The van der Waals surface area contributed by atoms with E-state index < -0.39 is 0 Å². The topological polar surface area (TPSA) is 54.4 Å². The maximum atomic E-state index is 8.86. The first-order valence-electron chi connectivity index (χ1n) is 7.29. The highest BCUT2D eigenvalue weighted by Crippen LogP contribution is 2.50. The summed E-state index contributed by atoms with van der Waals surface area (Å²) in [6.07, 6.45) is 8.23. The van der Waals surface area contributed by atoms with E-state index in [4.69, 9.17) is 9.84 Å². The molecule has 1 aliphatic heterocycles. The number of nitrogens with one attached hydrogen (secondary N) is 1. The predicted octanol–water partition coefficient (Wildman–Crippen LogP) is 1.70. The molecule has 0 spiro atoms. The summed E-state index contributed by atoms with van der Waals surface area (Å²) in [6.45, 7) is 2.16. The summed E-state index contributed by atoms with van der Waals surface area (Å²) < 4.78 is 5.78. The number of rotatable bonds is 7. The van der Waals surface area contributed by atoms with Crippen molar-refractivity contribution >= 4 is 0 Å². The van der Waals surface area contributed by atoms with E-state index in [0.717, 1.165) is 37.7 Å². The van der Waals surface area contributed by atoms with Gasteiger partial charge < -0.3 is 15.2 Å². The molecule has 1 aliphatic carbocycles. The second kappa shape index (κ2) is 5.88. The van der Waals surface area contributed by atoms with Crippen molar-refractivity contribution in [1.82, 2.24) is 10.3 Å². The van der Waals surface area contributed by atoms with Gasteiger partial charge in [-0.15, -0.1) is 0 Å². The zero-order chi connectivity index (χ0) is 13.1. The molecule has 0 amide bonds. The van der Waals surface area contributed by atoms with Crippen LogP contribution < -0.4 is 10.1 Å². The Bertz CT molecular complexity index is 420. The monoisotopic (exact) mass is 262 g/mol. The van der Waals surface area contributed by atoms with Crippen LogP contribution in [0.1, 0.15) is 37.2 Å². The Morgan fingerprint density at radius 3 is 3.05 bits per heavy atom. The molecule has 1 saturated heterocycles. The lowest BCUT2D eigenvalue weighted by atomic mass is 10.1. The van der Waals surface area contributed by atoms with E-state index in [1.165, 1.54) is 18.4 Å². The van der Waals surface area contributed by atoms with Crippen LogP contribution in [0.15, 0.2) is 18.5 Å². The molecule has 0 aromatic carbocycles. The van der Waals surface area contributed by atoms with Crippen LogP contribution in [0.25, 0.3) is 0 Å². The maximum absolute atomic E-state index is 8.86. The summed E-state index contributed by atoms with van der Waals surface area (Å²) in [5.41, 5.74) is 1.29. The van der Waals surface area contributed by atoms with Gasteiger partial charge in [-0.1, -0.05) is 0 Å². The Kier molecular flexibility index (Phi) is 3.99. The van der Waals surface area contributed by atoms with Crippen LogP contribution in [0, 0.1) is 5.92 Å². The van der Waals surface area contributed by atoms with Gasteiger partial charge in [-0.3, -0.25) is 4.98 Å². The third kappa shape index (κ3) is 3.25.